The van der Waals surface area contributed by atoms with E-state index in [-0.39, 0.29) is 5.92 Å². The number of carbonyl (C=O) groups is 1. The van der Waals surface area contributed by atoms with Gasteiger partial charge in [0.15, 0.2) is 0 Å². The summed E-state index contributed by atoms with van der Waals surface area (Å²) in [6.45, 7) is 20.0. The van der Waals surface area contributed by atoms with Crippen LogP contribution >= 0.6 is 0 Å². The van der Waals surface area contributed by atoms with Crippen molar-refractivity contribution in [2.24, 2.45) is 17.8 Å². The van der Waals surface area contributed by atoms with Crippen LogP contribution in [0.15, 0.2) is 12.4 Å². The topological polar surface area (TPSA) is 52.6 Å². The second kappa shape index (κ2) is 14.7. The molecule has 1 aromatic rings. The number of hydrogen-bond acceptors (Lipinski definition) is 6. The summed E-state index contributed by atoms with van der Waals surface area (Å²) >= 11 is 0. The molecule has 2 atom stereocenters. The van der Waals surface area contributed by atoms with Crippen molar-refractivity contribution in [3.63, 3.8) is 0 Å². The number of Topliss-reactive ketones (excluding diaryl/α,β-unsaturated/α-hetero) is 1. The summed E-state index contributed by atoms with van der Waals surface area (Å²) in [5.74, 6) is 3.58. The molecule has 0 N–H and O–H groups in total. The standard InChI is InChI=1S/C21H37N5.C11H20O/c1-6-19-14-25(16(3)4)15-20(7-2)26(19)21-22-12-18(13-23-21)17-8-10-24(5)11-9-17;1-4-5-9-6-10(7-9)11(12)8(2)3/h12-13,16-17,19-20H,6-11,14-15H2,1-5H3;8-10H,4-7H2,1-3H3. The Kier molecular flexibility index (Phi) is 12.0. The van der Waals surface area contributed by atoms with Crippen molar-refractivity contribution in [3.05, 3.63) is 18.0 Å². The molecule has 4 rings (SSSR count). The van der Waals surface area contributed by atoms with E-state index in [0.717, 1.165) is 37.8 Å². The second-order valence-electron chi connectivity index (χ2n) is 12.9. The van der Waals surface area contributed by atoms with Gasteiger partial charge in [0.05, 0.1) is 0 Å². The van der Waals surface area contributed by atoms with E-state index in [1.54, 1.807) is 0 Å². The van der Waals surface area contributed by atoms with Crippen molar-refractivity contribution in [2.45, 2.75) is 124 Å². The monoisotopic (exact) mass is 527 g/mol. The number of ketones is 1. The van der Waals surface area contributed by atoms with Gasteiger partial charge in [0.1, 0.15) is 5.78 Å². The third-order valence-electron chi connectivity index (χ3n) is 9.33. The number of hydrogen-bond donors (Lipinski definition) is 0. The quantitative estimate of drug-likeness (QED) is 0.370. The third-order valence-corrected chi connectivity index (χ3v) is 9.33. The van der Waals surface area contributed by atoms with Gasteiger partial charge >= 0.3 is 0 Å². The van der Waals surface area contributed by atoms with E-state index in [1.807, 2.05) is 13.8 Å². The summed E-state index contributed by atoms with van der Waals surface area (Å²) in [5, 5.41) is 0. The van der Waals surface area contributed by atoms with Crippen LogP contribution in [-0.2, 0) is 4.79 Å². The summed E-state index contributed by atoms with van der Waals surface area (Å²) in [6.07, 6.45) is 13.9. The van der Waals surface area contributed by atoms with Gasteiger partial charge in [-0.3, -0.25) is 9.69 Å². The summed E-state index contributed by atoms with van der Waals surface area (Å²) in [6, 6.07) is 1.61. The van der Waals surface area contributed by atoms with Gasteiger partial charge in [-0.1, -0.05) is 47.5 Å². The molecule has 0 bridgehead atoms. The predicted octanol–water partition coefficient (Wildman–Crippen LogP) is 6.41. The van der Waals surface area contributed by atoms with Gasteiger partial charge in [-0.05, 0) is 89.9 Å². The first-order valence-electron chi connectivity index (χ1n) is 15.7. The van der Waals surface area contributed by atoms with Crippen LogP contribution in [0.4, 0.5) is 5.95 Å². The molecule has 38 heavy (non-hydrogen) atoms. The number of piperidine rings is 1. The molecule has 6 nitrogen and oxygen atoms in total. The van der Waals surface area contributed by atoms with Gasteiger partial charge in [-0.15, -0.1) is 0 Å². The molecule has 2 aliphatic heterocycles. The minimum Gasteiger partial charge on any atom is -0.332 e. The lowest BCUT2D eigenvalue weighted by Crippen LogP contribution is -2.60. The lowest BCUT2D eigenvalue weighted by atomic mass is 9.69. The van der Waals surface area contributed by atoms with E-state index in [0.29, 0.717) is 35.7 Å². The molecule has 3 heterocycles. The highest BCUT2D eigenvalue weighted by molar-refractivity contribution is 5.83. The summed E-state index contributed by atoms with van der Waals surface area (Å²) in [5.41, 5.74) is 1.32. The van der Waals surface area contributed by atoms with Crippen molar-refractivity contribution in [1.82, 2.24) is 19.8 Å². The van der Waals surface area contributed by atoms with Gasteiger partial charge < -0.3 is 9.80 Å². The highest BCUT2D eigenvalue weighted by Crippen LogP contribution is 2.38. The maximum atomic E-state index is 11.5. The Morgan fingerprint density at radius 1 is 0.947 bits per heavy atom. The Bertz CT molecular complexity index is 813. The van der Waals surface area contributed by atoms with E-state index < -0.39 is 0 Å². The van der Waals surface area contributed by atoms with Gasteiger partial charge in [0.2, 0.25) is 5.95 Å². The number of nitrogens with zero attached hydrogens (tertiary/aromatic N) is 5. The number of rotatable bonds is 9. The van der Waals surface area contributed by atoms with E-state index in [1.165, 1.54) is 57.2 Å². The maximum Gasteiger partial charge on any atom is 0.225 e. The molecule has 0 spiro atoms. The van der Waals surface area contributed by atoms with E-state index in [9.17, 15) is 4.79 Å². The van der Waals surface area contributed by atoms with Crippen LogP contribution in [0.25, 0.3) is 0 Å². The molecule has 1 saturated carbocycles. The number of likely N-dealkylation sites (tertiary alicyclic amines) is 1. The molecule has 1 aliphatic carbocycles. The summed E-state index contributed by atoms with van der Waals surface area (Å²) in [7, 11) is 2.21. The number of anilines is 1. The number of aromatic nitrogens is 2. The Balaban J connectivity index is 0.000000279. The zero-order chi connectivity index (χ0) is 27.8. The summed E-state index contributed by atoms with van der Waals surface area (Å²) in [4.78, 5) is 28.7. The maximum absolute atomic E-state index is 11.5. The first-order valence-corrected chi connectivity index (χ1v) is 15.7. The minimum absolute atomic E-state index is 0.248. The SMILES string of the molecule is CCC1CN(C(C)C)CC(CC)N1c1ncc(C2CCN(C)CC2)cn1.CCCC1CC(C(=O)C(C)C)C1. The van der Waals surface area contributed by atoms with Crippen LogP contribution in [0, 0.1) is 17.8 Å². The Morgan fingerprint density at radius 3 is 1.95 bits per heavy atom. The van der Waals surface area contributed by atoms with Crippen LogP contribution in [0.2, 0.25) is 0 Å². The van der Waals surface area contributed by atoms with E-state index in [2.05, 4.69) is 68.8 Å². The fourth-order valence-electron chi connectivity index (χ4n) is 6.59. The van der Waals surface area contributed by atoms with Crippen molar-refractivity contribution >= 4 is 11.7 Å². The van der Waals surface area contributed by atoms with Crippen LogP contribution < -0.4 is 4.90 Å². The second-order valence-corrected chi connectivity index (χ2v) is 12.9. The summed E-state index contributed by atoms with van der Waals surface area (Å²) < 4.78 is 0. The Labute approximate surface area is 234 Å². The smallest absolute Gasteiger partial charge is 0.225 e. The van der Waals surface area contributed by atoms with Gasteiger partial charge in [0.25, 0.3) is 0 Å². The average molecular weight is 528 g/mol. The fourth-order valence-corrected chi connectivity index (χ4v) is 6.59. The van der Waals surface area contributed by atoms with Crippen molar-refractivity contribution in [3.8, 4) is 0 Å². The predicted molar refractivity (Wildman–Crippen MR) is 160 cm³/mol. The first kappa shape index (κ1) is 31.0. The molecule has 3 aliphatic rings. The molecule has 6 heteroatoms. The molecule has 2 saturated heterocycles. The lowest BCUT2D eigenvalue weighted by molar-refractivity contribution is -0.130. The van der Waals surface area contributed by atoms with Crippen LogP contribution in [0.5, 0.6) is 0 Å². The minimum atomic E-state index is 0.248. The largest absolute Gasteiger partial charge is 0.332 e. The Morgan fingerprint density at radius 2 is 1.50 bits per heavy atom. The van der Waals surface area contributed by atoms with E-state index in [4.69, 9.17) is 9.97 Å². The number of carbonyl (C=O) groups excluding carboxylic acids is 1. The zero-order valence-corrected chi connectivity index (χ0v) is 25.8. The number of piperazine rings is 1. The molecule has 1 aromatic heterocycles. The molecular weight excluding hydrogens is 470 g/mol. The fraction of sp³-hybridized carbons (Fsp3) is 0.844. The zero-order valence-electron chi connectivity index (χ0n) is 25.8. The van der Waals surface area contributed by atoms with Crippen molar-refractivity contribution in [2.75, 3.05) is 38.1 Å². The van der Waals surface area contributed by atoms with Crippen LogP contribution in [0.1, 0.15) is 111 Å². The molecular formula is C32H57N5O. The average Bonchev–Trinajstić information content (AvgIpc) is 2.90. The molecule has 216 valence electrons. The molecule has 3 fully saturated rings. The van der Waals surface area contributed by atoms with Crippen LogP contribution in [0.3, 0.4) is 0 Å². The molecule has 0 radical (unpaired) electrons. The Hall–Kier alpha value is -1.53. The normalized spacial score (nSPS) is 27.3. The van der Waals surface area contributed by atoms with Crippen LogP contribution in [-0.4, -0.2) is 76.9 Å². The van der Waals surface area contributed by atoms with Crippen molar-refractivity contribution < 1.29 is 4.79 Å². The molecule has 0 aromatic carbocycles. The lowest BCUT2D eigenvalue weighted by Gasteiger charge is -2.48. The van der Waals surface area contributed by atoms with Gasteiger partial charge in [-0.25, -0.2) is 9.97 Å². The van der Waals surface area contributed by atoms with E-state index >= 15 is 0 Å². The van der Waals surface area contributed by atoms with Crippen molar-refractivity contribution in [1.29, 1.82) is 0 Å². The van der Waals surface area contributed by atoms with Gasteiger partial charge in [-0.2, -0.15) is 0 Å². The van der Waals surface area contributed by atoms with Gasteiger partial charge in [0, 0.05) is 55.4 Å². The third kappa shape index (κ3) is 8.00. The highest BCUT2D eigenvalue weighted by Gasteiger charge is 2.36. The molecule has 2 unspecified atom stereocenters. The highest BCUT2D eigenvalue weighted by atomic mass is 16.1. The first-order chi connectivity index (χ1) is 18.2. The molecule has 0 amide bonds.